The van der Waals surface area contributed by atoms with Gasteiger partial charge in [-0.25, -0.2) is 0 Å². The number of aliphatic hydroxyl groups is 1. The summed E-state index contributed by atoms with van der Waals surface area (Å²) in [5.41, 5.74) is -0.751. The number of rotatable bonds is 4. The molecule has 1 heterocycles. The Morgan fingerprint density at radius 3 is 2.33 bits per heavy atom. The molecule has 0 aliphatic carbocycles. The van der Waals surface area contributed by atoms with Crippen molar-refractivity contribution in [1.29, 1.82) is 0 Å². The van der Waals surface area contributed by atoms with Crippen LogP contribution >= 0.6 is 0 Å². The largest absolute Gasteiger partial charge is 0.481 e. The lowest BCUT2D eigenvalue weighted by Crippen LogP contribution is -2.31. The van der Waals surface area contributed by atoms with E-state index in [-0.39, 0.29) is 0 Å². The van der Waals surface area contributed by atoms with Gasteiger partial charge >= 0.3 is 5.97 Å². The number of aliphatic carboxylic acids is 1. The molecule has 0 aliphatic heterocycles. The van der Waals surface area contributed by atoms with Gasteiger partial charge in [-0.15, -0.1) is 0 Å². The maximum atomic E-state index is 11.0. The molecule has 0 spiro atoms. The maximum absolute atomic E-state index is 11.0. The fourth-order valence-corrected chi connectivity index (χ4v) is 1.88. The molecule has 2 N–H and O–H groups in total. The lowest BCUT2D eigenvalue weighted by Gasteiger charge is -2.26. The lowest BCUT2D eigenvalue weighted by molar-refractivity contribution is -0.141. The monoisotopic (exact) mass is 243 g/mol. The fraction of sp³-hybridized carbons (Fsp3) is 0.143. The van der Waals surface area contributed by atoms with Crippen LogP contribution in [0, 0.1) is 0 Å². The molecule has 0 saturated heterocycles. The summed E-state index contributed by atoms with van der Waals surface area (Å²) in [4.78, 5) is 15.0. The Morgan fingerprint density at radius 1 is 1.11 bits per heavy atom. The van der Waals surface area contributed by atoms with Crippen LogP contribution in [0.25, 0.3) is 0 Å². The summed E-state index contributed by atoms with van der Waals surface area (Å²) in [5.74, 6) is -1.08. The number of benzene rings is 1. The van der Waals surface area contributed by atoms with Crippen LogP contribution in [0.3, 0.4) is 0 Å². The van der Waals surface area contributed by atoms with E-state index in [0.717, 1.165) is 0 Å². The minimum absolute atomic E-state index is 0.332. The minimum atomic E-state index is -1.60. The highest BCUT2D eigenvalue weighted by Crippen LogP contribution is 2.31. The SMILES string of the molecule is O=C(O)C[C@](O)(c1ccccc1)c1ccccn1. The van der Waals surface area contributed by atoms with Crippen molar-refractivity contribution >= 4 is 5.97 Å². The predicted octanol–water partition coefficient (Wildman–Crippen LogP) is 1.79. The van der Waals surface area contributed by atoms with Gasteiger partial charge in [0, 0.05) is 6.20 Å². The molecule has 4 heteroatoms. The molecule has 1 aromatic carbocycles. The number of carboxylic acids is 1. The van der Waals surface area contributed by atoms with Crippen molar-refractivity contribution in [2.75, 3.05) is 0 Å². The minimum Gasteiger partial charge on any atom is -0.481 e. The van der Waals surface area contributed by atoms with Gasteiger partial charge in [-0.1, -0.05) is 36.4 Å². The van der Waals surface area contributed by atoms with Crippen LogP contribution in [0.1, 0.15) is 17.7 Å². The van der Waals surface area contributed by atoms with Crippen LogP contribution in [0.15, 0.2) is 54.7 Å². The highest BCUT2D eigenvalue weighted by atomic mass is 16.4. The molecule has 0 bridgehead atoms. The number of nitrogens with zero attached hydrogens (tertiary/aromatic N) is 1. The lowest BCUT2D eigenvalue weighted by atomic mass is 9.87. The summed E-state index contributed by atoms with van der Waals surface area (Å²) in [6, 6.07) is 13.8. The third-order valence-electron chi connectivity index (χ3n) is 2.75. The summed E-state index contributed by atoms with van der Waals surface area (Å²) in [7, 11) is 0. The van der Waals surface area contributed by atoms with Crippen molar-refractivity contribution in [2.24, 2.45) is 0 Å². The van der Waals surface area contributed by atoms with E-state index in [9.17, 15) is 9.90 Å². The number of hydrogen-bond acceptors (Lipinski definition) is 3. The molecule has 2 aromatic rings. The van der Waals surface area contributed by atoms with Crippen molar-refractivity contribution < 1.29 is 15.0 Å². The molecular weight excluding hydrogens is 230 g/mol. The van der Waals surface area contributed by atoms with Gasteiger partial charge in [0.15, 0.2) is 0 Å². The Labute approximate surface area is 105 Å². The Kier molecular flexibility index (Phi) is 3.39. The summed E-state index contributed by atoms with van der Waals surface area (Å²) >= 11 is 0. The molecule has 0 fully saturated rings. The molecule has 0 amide bonds. The van der Waals surface area contributed by atoms with Gasteiger partial charge in [0.05, 0.1) is 12.1 Å². The first-order chi connectivity index (χ1) is 8.63. The second kappa shape index (κ2) is 4.98. The van der Waals surface area contributed by atoms with Gasteiger partial charge in [-0.05, 0) is 17.7 Å². The number of carboxylic acid groups (broad SMARTS) is 1. The first kappa shape index (κ1) is 12.3. The van der Waals surface area contributed by atoms with Gasteiger partial charge in [-0.3, -0.25) is 9.78 Å². The zero-order valence-electron chi connectivity index (χ0n) is 9.65. The Balaban J connectivity index is 2.51. The van der Waals surface area contributed by atoms with E-state index in [1.807, 2.05) is 6.07 Å². The molecule has 0 saturated carbocycles. The number of pyridine rings is 1. The van der Waals surface area contributed by atoms with Crippen LogP contribution in [-0.2, 0) is 10.4 Å². The van der Waals surface area contributed by atoms with E-state index < -0.39 is 18.0 Å². The fourth-order valence-electron chi connectivity index (χ4n) is 1.88. The van der Waals surface area contributed by atoms with Gasteiger partial charge in [0.1, 0.15) is 5.60 Å². The Morgan fingerprint density at radius 2 is 1.78 bits per heavy atom. The Bertz CT molecular complexity index is 486. The van der Waals surface area contributed by atoms with E-state index in [1.54, 1.807) is 42.5 Å². The van der Waals surface area contributed by atoms with Crippen molar-refractivity contribution in [3.05, 3.63) is 66.0 Å². The molecule has 0 unspecified atom stereocenters. The maximum Gasteiger partial charge on any atom is 0.307 e. The van der Waals surface area contributed by atoms with Crippen molar-refractivity contribution in [2.45, 2.75) is 12.0 Å². The van der Waals surface area contributed by atoms with Crippen LogP contribution in [-0.4, -0.2) is 21.2 Å². The molecule has 2 rings (SSSR count). The molecule has 18 heavy (non-hydrogen) atoms. The Hall–Kier alpha value is -2.20. The van der Waals surface area contributed by atoms with Gasteiger partial charge in [-0.2, -0.15) is 0 Å². The second-order valence-corrected chi connectivity index (χ2v) is 4.01. The number of carbonyl (C=O) groups is 1. The summed E-state index contributed by atoms with van der Waals surface area (Å²) < 4.78 is 0. The number of aromatic nitrogens is 1. The molecule has 1 atom stereocenters. The van der Waals surface area contributed by atoms with Gasteiger partial charge < -0.3 is 10.2 Å². The first-order valence-corrected chi connectivity index (χ1v) is 5.54. The highest BCUT2D eigenvalue weighted by molar-refractivity contribution is 5.69. The predicted molar refractivity (Wildman–Crippen MR) is 65.9 cm³/mol. The van der Waals surface area contributed by atoms with Gasteiger partial charge in [0.25, 0.3) is 0 Å². The average molecular weight is 243 g/mol. The van der Waals surface area contributed by atoms with Crippen molar-refractivity contribution in [1.82, 2.24) is 4.98 Å². The zero-order chi connectivity index (χ0) is 13.0. The quantitative estimate of drug-likeness (QED) is 0.858. The molecule has 92 valence electrons. The van der Waals surface area contributed by atoms with Crippen LogP contribution < -0.4 is 0 Å². The van der Waals surface area contributed by atoms with Gasteiger partial charge in [0.2, 0.25) is 0 Å². The van der Waals surface area contributed by atoms with E-state index in [2.05, 4.69) is 4.98 Å². The topological polar surface area (TPSA) is 70.4 Å². The normalized spacial score (nSPS) is 13.8. The second-order valence-electron chi connectivity index (χ2n) is 4.01. The molecule has 1 aromatic heterocycles. The summed E-state index contributed by atoms with van der Waals surface area (Å²) in [6.45, 7) is 0. The summed E-state index contributed by atoms with van der Waals surface area (Å²) in [6.07, 6.45) is 1.11. The molecular formula is C14H13NO3. The van der Waals surface area contributed by atoms with E-state index in [4.69, 9.17) is 5.11 Å². The standard InChI is InChI=1S/C14H13NO3/c16-13(17)10-14(18,11-6-2-1-3-7-11)12-8-4-5-9-15-12/h1-9,18H,10H2,(H,16,17)/t14-/m0/s1. The van der Waals surface area contributed by atoms with Crippen molar-refractivity contribution in [3.63, 3.8) is 0 Å². The third-order valence-corrected chi connectivity index (χ3v) is 2.75. The molecule has 4 nitrogen and oxygen atoms in total. The zero-order valence-corrected chi connectivity index (χ0v) is 9.65. The van der Waals surface area contributed by atoms with Crippen LogP contribution in [0.5, 0.6) is 0 Å². The van der Waals surface area contributed by atoms with Crippen molar-refractivity contribution in [3.8, 4) is 0 Å². The average Bonchev–Trinajstić information content (AvgIpc) is 2.40. The smallest absolute Gasteiger partial charge is 0.307 e. The summed E-state index contributed by atoms with van der Waals surface area (Å²) in [5, 5.41) is 19.7. The molecule has 0 aliphatic rings. The molecule has 0 radical (unpaired) electrons. The van der Waals surface area contributed by atoms with E-state index >= 15 is 0 Å². The third kappa shape index (κ3) is 2.38. The van der Waals surface area contributed by atoms with E-state index in [0.29, 0.717) is 11.3 Å². The van der Waals surface area contributed by atoms with Crippen LogP contribution in [0.2, 0.25) is 0 Å². The van der Waals surface area contributed by atoms with Crippen LogP contribution in [0.4, 0.5) is 0 Å². The first-order valence-electron chi connectivity index (χ1n) is 5.54. The highest BCUT2D eigenvalue weighted by Gasteiger charge is 2.35. The number of hydrogen-bond donors (Lipinski definition) is 2. The van der Waals surface area contributed by atoms with E-state index in [1.165, 1.54) is 6.20 Å².